The molecule has 4 rings (SSSR count). The van der Waals surface area contributed by atoms with E-state index < -0.39 is 11.5 Å². The van der Waals surface area contributed by atoms with E-state index in [0.717, 1.165) is 11.3 Å². The van der Waals surface area contributed by atoms with Gasteiger partial charge in [0.15, 0.2) is 5.60 Å². The third kappa shape index (κ3) is 4.08. The number of nitrogens with one attached hydrogen (secondary N) is 1. The van der Waals surface area contributed by atoms with Gasteiger partial charge in [0.1, 0.15) is 11.6 Å². The maximum absolute atomic E-state index is 13.2. The molecular formula is C20H16ClFN4O2S. The van der Waals surface area contributed by atoms with Gasteiger partial charge in [-0.25, -0.2) is 8.91 Å². The van der Waals surface area contributed by atoms with Crippen LogP contribution in [-0.4, -0.2) is 26.1 Å². The van der Waals surface area contributed by atoms with E-state index in [9.17, 15) is 9.18 Å². The number of nitrogens with zero attached hydrogens (tertiary/aromatic N) is 3. The van der Waals surface area contributed by atoms with E-state index in [4.69, 9.17) is 16.3 Å². The molecule has 0 fully saturated rings. The zero-order valence-electron chi connectivity index (χ0n) is 15.5. The lowest BCUT2D eigenvalue weighted by Gasteiger charge is -2.24. The first kappa shape index (κ1) is 19.4. The fourth-order valence-electron chi connectivity index (χ4n) is 2.65. The summed E-state index contributed by atoms with van der Waals surface area (Å²) in [7, 11) is 0. The summed E-state index contributed by atoms with van der Waals surface area (Å²) in [6, 6.07) is 12.9. The molecule has 0 saturated carbocycles. The lowest BCUT2D eigenvalue weighted by atomic mass is 10.1. The highest BCUT2D eigenvalue weighted by atomic mass is 35.5. The summed E-state index contributed by atoms with van der Waals surface area (Å²) in [4.78, 5) is 17.7. The highest BCUT2D eigenvalue weighted by Crippen LogP contribution is 2.27. The van der Waals surface area contributed by atoms with E-state index in [0.29, 0.717) is 15.7 Å². The van der Waals surface area contributed by atoms with Crippen molar-refractivity contribution in [1.82, 2.24) is 14.6 Å². The van der Waals surface area contributed by atoms with Gasteiger partial charge in [-0.3, -0.25) is 10.1 Å². The molecule has 0 unspecified atom stereocenters. The van der Waals surface area contributed by atoms with Gasteiger partial charge >= 0.3 is 0 Å². The number of thiazole rings is 1. The van der Waals surface area contributed by atoms with Crippen molar-refractivity contribution in [3.8, 4) is 17.0 Å². The normalized spacial score (nSPS) is 11.6. The average Bonchev–Trinajstić information content (AvgIpc) is 3.24. The number of carbonyl (C=O) groups is 1. The number of aromatic nitrogens is 3. The first-order chi connectivity index (χ1) is 13.8. The zero-order valence-corrected chi connectivity index (χ0v) is 17.1. The van der Waals surface area contributed by atoms with Crippen molar-refractivity contribution in [3.05, 3.63) is 64.8 Å². The van der Waals surface area contributed by atoms with Crippen LogP contribution in [0.2, 0.25) is 5.02 Å². The number of benzene rings is 2. The second-order valence-corrected chi connectivity index (χ2v) is 8.05. The Kier molecular flexibility index (Phi) is 4.97. The Morgan fingerprint density at radius 3 is 2.55 bits per heavy atom. The molecule has 0 spiro atoms. The standard InChI is InChI=1S/C20H16ClFN4O2S/c1-20(2,28-15-9-5-13(21)6-10-15)17(27)23-18-24-19-26(25-18)16(11-29-19)12-3-7-14(22)8-4-12/h3-11H,1-2H3,(H,23,25,27). The Labute approximate surface area is 174 Å². The van der Waals surface area contributed by atoms with E-state index in [1.807, 2.05) is 5.38 Å². The van der Waals surface area contributed by atoms with E-state index in [2.05, 4.69) is 15.4 Å². The Hall–Kier alpha value is -2.97. The Morgan fingerprint density at radius 2 is 1.86 bits per heavy atom. The fourth-order valence-corrected chi connectivity index (χ4v) is 3.61. The minimum Gasteiger partial charge on any atom is -0.478 e. The minimum absolute atomic E-state index is 0.165. The first-order valence-corrected chi connectivity index (χ1v) is 9.94. The summed E-state index contributed by atoms with van der Waals surface area (Å²) in [5.74, 6) is -0.0198. The highest BCUT2D eigenvalue weighted by molar-refractivity contribution is 7.15. The van der Waals surface area contributed by atoms with Crippen molar-refractivity contribution < 1.29 is 13.9 Å². The average molecular weight is 431 g/mol. The van der Waals surface area contributed by atoms with Gasteiger partial charge in [0.05, 0.1) is 5.69 Å². The molecule has 2 aromatic carbocycles. The van der Waals surface area contributed by atoms with Crippen molar-refractivity contribution in [1.29, 1.82) is 0 Å². The summed E-state index contributed by atoms with van der Waals surface area (Å²) in [6.07, 6.45) is 0. The molecule has 0 aliphatic heterocycles. The van der Waals surface area contributed by atoms with Crippen molar-refractivity contribution in [2.75, 3.05) is 5.32 Å². The van der Waals surface area contributed by atoms with Crippen molar-refractivity contribution >= 4 is 39.8 Å². The SMILES string of the molecule is CC(C)(Oc1ccc(Cl)cc1)C(=O)Nc1nc2scc(-c3ccc(F)cc3)n2n1. The molecule has 9 heteroatoms. The zero-order chi connectivity index (χ0) is 20.6. The van der Waals surface area contributed by atoms with Crippen LogP contribution >= 0.6 is 22.9 Å². The summed E-state index contributed by atoms with van der Waals surface area (Å²) >= 11 is 7.25. The smallest absolute Gasteiger partial charge is 0.270 e. The number of fused-ring (bicyclic) bond motifs is 1. The lowest BCUT2D eigenvalue weighted by Crippen LogP contribution is -2.42. The van der Waals surface area contributed by atoms with Crippen molar-refractivity contribution in [2.45, 2.75) is 19.4 Å². The Balaban J connectivity index is 1.53. The molecule has 0 radical (unpaired) electrons. The molecule has 148 valence electrons. The number of anilines is 1. The van der Waals surface area contributed by atoms with E-state index in [1.165, 1.54) is 23.5 Å². The maximum atomic E-state index is 13.2. The van der Waals surface area contributed by atoms with Gasteiger partial charge in [0, 0.05) is 16.0 Å². The predicted octanol–water partition coefficient (Wildman–Crippen LogP) is 5.05. The minimum atomic E-state index is -1.16. The fraction of sp³-hybridized carbons (Fsp3) is 0.150. The molecule has 0 atom stereocenters. The summed E-state index contributed by atoms with van der Waals surface area (Å²) in [6.45, 7) is 3.30. The number of amides is 1. The summed E-state index contributed by atoms with van der Waals surface area (Å²) in [5.41, 5.74) is 0.397. The van der Waals surface area contributed by atoms with Crippen LogP contribution in [0.1, 0.15) is 13.8 Å². The largest absolute Gasteiger partial charge is 0.478 e. The molecule has 0 aliphatic rings. The molecule has 4 aromatic rings. The second-order valence-electron chi connectivity index (χ2n) is 6.78. The van der Waals surface area contributed by atoms with Crippen LogP contribution in [0.15, 0.2) is 53.9 Å². The van der Waals surface area contributed by atoms with Gasteiger partial charge in [0.25, 0.3) is 11.9 Å². The number of halogens is 2. The van der Waals surface area contributed by atoms with Crippen LogP contribution in [0.5, 0.6) is 5.75 Å². The molecule has 29 heavy (non-hydrogen) atoms. The van der Waals surface area contributed by atoms with Gasteiger partial charge in [-0.15, -0.1) is 16.4 Å². The van der Waals surface area contributed by atoms with E-state index in [1.54, 1.807) is 54.8 Å². The summed E-state index contributed by atoms with van der Waals surface area (Å²) < 4.78 is 20.6. The van der Waals surface area contributed by atoms with Crippen molar-refractivity contribution in [3.63, 3.8) is 0 Å². The third-order valence-corrected chi connectivity index (χ3v) is 5.25. The molecule has 2 heterocycles. The molecule has 0 aliphatic carbocycles. The number of hydrogen-bond donors (Lipinski definition) is 1. The topological polar surface area (TPSA) is 68.5 Å². The van der Waals surface area contributed by atoms with Crippen LogP contribution in [0.3, 0.4) is 0 Å². The van der Waals surface area contributed by atoms with Crippen LogP contribution < -0.4 is 10.1 Å². The van der Waals surface area contributed by atoms with Crippen LogP contribution in [-0.2, 0) is 4.79 Å². The maximum Gasteiger partial charge on any atom is 0.270 e. The van der Waals surface area contributed by atoms with Crippen LogP contribution in [0.4, 0.5) is 10.3 Å². The highest BCUT2D eigenvalue weighted by Gasteiger charge is 2.31. The summed E-state index contributed by atoms with van der Waals surface area (Å²) in [5, 5.41) is 9.51. The number of rotatable bonds is 5. The van der Waals surface area contributed by atoms with Gasteiger partial charge in [-0.2, -0.15) is 4.98 Å². The Bertz CT molecular complexity index is 1170. The Morgan fingerprint density at radius 1 is 1.17 bits per heavy atom. The molecule has 1 N–H and O–H groups in total. The quantitative estimate of drug-likeness (QED) is 0.481. The van der Waals surface area contributed by atoms with Crippen LogP contribution in [0, 0.1) is 5.82 Å². The second kappa shape index (κ2) is 7.46. The van der Waals surface area contributed by atoms with Gasteiger partial charge in [0.2, 0.25) is 4.96 Å². The van der Waals surface area contributed by atoms with Gasteiger partial charge in [-0.05, 0) is 62.4 Å². The number of carbonyl (C=O) groups excluding carboxylic acids is 1. The van der Waals surface area contributed by atoms with Gasteiger partial charge < -0.3 is 4.74 Å². The van der Waals surface area contributed by atoms with E-state index >= 15 is 0 Å². The van der Waals surface area contributed by atoms with Crippen LogP contribution in [0.25, 0.3) is 16.2 Å². The lowest BCUT2D eigenvalue weighted by molar-refractivity contribution is -0.128. The first-order valence-electron chi connectivity index (χ1n) is 8.68. The molecule has 1 amide bonds. The number of hydrogen-bond acceptors (Lipinski definition) is 5. The third-order valence-electron chi connectivity index (χ3n) is 4.18. The molecule has 6 nitrogen and oxygen atoms in total. The number of ether oxygens (including phenoxy) is 1. The monoisotopic (exact) mass is 430 g/mol. The molecule has 0 saturated heterocycles. The molecule has 2 aromatic heterocycles. The van der Waals surface area contributed by atoms with Gasteiger partial charge in [-0.1, -0.05) is 11.6 Å². The van der Waals surface area contributed by atoms with E-state index in [-0.39, 0.29) is 11.8 Å². The molecule has 0 bridgehead atoms. The predicted molar refractivity (Wildman–Crippen MR) is 111 cm³/mol. The molecular weight excluding hydrogens is 415 g/mol. The van der Waals surface area contributed by atoms with Crippen molar-refractivity contribution in [2.24, 2.45) is 0 Å².